The molecule has 0 aliphatic rings. The summed E-state index contributed by atoms with van der Waals surface area (Å²) >= 11 is 1.68. The predicted molar refractivity (Wildman–Crippen MR) is 99.8 cm³/mol. The number of carbonyl (C=O) groups excluding carboxylic acids is 2. The van der Waals surface area contributed by atoms with E-state index in [1.807, 2.05) is 18.2 Å². The van der Waals surface area contributed by atoms with Crippen LogP contribution in [0.5, 0.6) is 0 Å². The SMILES string of the molecule is C[C@@H](NC(=O)OC(C)(C)C)C(=O)NCCCc1nc2ccccc2s1. The topological polar surface area (TPSA) is 80.3 Å². The summed E-state index contributed by atoms with van der Waals surface area (Å²) in [5, 5.41) is 6.42. The van der Waals surface area contributed by atoms with Crippen molar-refractivity contribution < 1.29 is 14.3 Å². The van der Waals surface area contributed by atoms with Crippen LogP contribution in [0.25, 0.3) is 10.2 Å². The molecule has 2 rings (SSSR count). The maximum Gasteiger partial charge on any atom is 0.408 e. The highest BCUT2D eigenvalue weighted by Gasteiger charge is 2.20. The molecule has 2 N–H and O–H groups in total. The summed E-state index contributed by atoms with van der Waals surface area (Å²) in [7, 11) is 0. The smallest absolute Gasteiger partial charge is 0.408 e. The number of alkyl carbamates (subject to hydrolysis) is 1. The van der Waals surface area contributed by atoms with Gasteiger partial charge in [0.15, 0.2) is 0 Å². The molecule has 1 aromatic heterocycles. The van der Waals surface area contributed by atoms with E-state index in [1.165, 1.54) is 4.70 Å². The average molecular weight is 363 g/mol. The van der Waals surface area contributed by atoms with E-state index in [0.29, 0.717) is 6.54 Å². The summed E-state index contributed by atoms with van der Waals surface area (Å²) in [5.74, 6) is -0.227. The fourth-order valence-corrected chi connectivity index (χ4v) is 3.19. The lowest BCUT2D eigenvalue weighted by atomic mass is 10.2. The number of nitrogens with one attached hydrogen (secondary N) is 2. The highest BCUT2D eigenvalue weighted by atomic mass is 32.1. The molecule has 0 spiro atoms. The van der Waals surface area contributed by atoms with Gasteiger partial charge < -0.3 is 15.4 Å². The largest absolute Gasteiger partial charge is 0.444 e. The van der Waals surface area contributed by atoms with Crippen LogP contribution >= 0.6 is 11.3 Å². The standard InChI is InChI=1S/C18H25N3O3S/c1-12(20-17(23)24-18(2,3)4)16(22)19-11-7-10-15-21-13-8-5-6-9-14(13)25-15/h5-6,8-9,12H,7,10-11H2,1-4H3,(H,19,22)(H,20,23)/t12-/m1/s1. The summed E-state index contributed by atoms with van der Waals surface area (Å²) in [6.45, 7) is 7.50. The number of benzene rings is 1. The molecule has 0 bridgehead atoms. The Hall–Kier alpha value is -2.15. The Morgan fingerprint density at radius 1 is 1.28 bits per heavy atom. The number of aromatic nitrogens is 1. The predicted octanol–water partition coefficient (Wildman–Crippen LogP) is 3.26. The van der Waals surface area contributed by atoms with E-state index >= 15 is 0 Å². The van der Waals surface area contributed by atoms with Crippen molar-refractivity contribution in [3.8, 4) is 0 Å². The zero-order valence-corrected chi connectivity index (χ0v) is 15.9. The molecule has 6 nitrogen and oxygen atoms in total. The van der Waals surface area contributed by atoms with Crippen LogP contribution in [-0.4, -0.2) is 35.2 Å². The van der Waals surface area contributed by atoms with Gasteiger partial charge in [0.05, 0.1) is 15.2 Å². The third-order valence-electron chi connectivity index (χ3n) is 3.33. The molecule has 136 valence electrons. The molecule has 2 amide bonds. The third-order valence-corrected chi connectivity index (χ3v) is 4.43. The number of aryl methyl sites for hydroxylation is 1. The number of ether oxygens (including phenoxy) is 1. The second-order valence-corrected chi connectivity index (χ2v) is 7.95. The Morgan fingerprint density at radius 3 is 2.68 bits per heavy atom. The third kappa shape index (κ3) is 6.34. The molecule has 0 radical (unpaired) electrons. The van der Waals surface area contributed by atoms with E-state index in [0.717, 1.165) is 23.4 Å². The number of rotatable bonds is 6. The average Bonchev–Trinajstić information content (AvgIpc) is 2.92. The number of para-hydroxylation sites is 1. The van der Waals surface area contributed by atoms with Crippen LogP contribution in [0.3, 0.4) is 0 Å². The Morgan fingerprint density at radius 2 is 2.00 bits per heavy atom. The van der Waals surface area contributed by atoms with Gasteiger partial charge in [-0.3, -0.25) is 4.79 Å². The minimum Gasteiger partial charge on any atom is -0.444 e. The van der Waals surface area contributed by atoms with Gasteiger partial charge in [-0.25, -0.2) is 9.78 Å². The normalized spacial score (nSPS) is 12.6. The fraction of sp³-hybridized carbons (Fsp3) is 0.500. The molecular weight excluding hydrogens is 338 g/mol. The van der Waals surface area contributed by atoms with Crippen molar-refractivity contribution in [2.75, 3.05) is 6.54 Å². The lowest BCUT2D eigenvalue weighted by molar-refractivity contribution is -0.122. The van der Waals surface area contributed by atoms with Crippen LogP contribution in [0, 0.1) is 0 Å². The van der Waals surface area contributed by atoms with Gasteiger partial charge in [0.25, 0.3) is 0 Å². The van der Waals surface area contributed by atoms with Crippen molar-refractivity contribution in [3.05, 3.63) is 29.3 Å². The number of hydrogen-bond acceptors (Lipinski definition) is 5. The zero-order chi connectivity index (χ0) is 18.4. The Balaban J connectivity index is 1.70. The number of carbonyl (C=O) groups is 2. The summed E-state index contributed by atoms with van der Waals surface area (Å²) in [6, 6.07) is 7.40. The van der Waals surface area contributed by atoms with Crippen LogP contribution in [0.1, 0.15) is 39.1 Å². The summed E-state index contributed by atoms with van der Waals surface area (Å²) in [6.07, 6.45) is 1.02. The molecule has 1 atom stereocenters. The van der Waals surface area contributed by atoms with E-state index in [2.05, 4.69) is 21.7 Å². The van der Waals surface area contributed by atoms with Gasteiger partial charge >= 0.3 is 6.09 Å². The molecule has 0 aliphatic heterocycles. The van der Waals surface area contributed by atoms with Gasteiger partial charge in [0.1, 0.15) is 11.6 Å². The molecule has 0 fully saturated rings. The minimum atomic E-state index is -0.641. The number of fused-ring (bicyclic) bond motifs is 1. The van der Waals surface area contributed by atoms with Gasteiger partial charge in [-0.2, -0.15) is 0 Å². The molecule has 1 heterocycles. The van der Waals surface area contributed by atoms with E-state index < -0.39 is 17.7 Å². The molecule has 2 aromatic rings. The first kappa shape index (κ1) is 19.2. The molecule has 7 heteroatoms. The highest BCUT2D eigenvalue weighted by molar-refractivity contribution is 7.18. The first-order chi connectivity index (χ1) is 11.7. The molecule has 0 aliphatic carbocycles. The van der Waals surface area contributed by atoms with Crippen LogP contribution in [-0.2, 0) is 16.0 Å². The minimum absolute atomic E-state index is 0.227. The van der Waals surface area contributed by atoms with Crippen molar-refractivity contribution >= 4 is 33.6 Å². The van der Waals surface area contributed by atoms with Crippen LogP contribution in [0.15, 0.2) is 24.3 Å². The number of thiazole rings is 1. The first-order valence-corrected chi connectivity index (χ1v) is 9.18. The van der Waals surface area contributed by atoms with Crippen molar-refractivity contribution in [1.29, 1.82) is 0 Å². The van der Waals surface area contributed by atoms with Crippen molar-refractivity contribution in [2.24, 2.45) is 0 Å². The lowest BCUT2D eigenvalue weighted by Crippen LogP contribution is -2.46. The fourth-order valence-electron chi connectivity index (χ4n) is 2.18. The summed E-state index contributed by atoms with van der Waals surface area (Å²) in [4.78, 5) is 28.2. The van der Waals surface area contributed by atoms with Gasteiger partial charge in [-0.1, -0.05) is 12.1 Å². The summed E-state index contributed by atoms with van der Waals surface area (Å²) in [5.41, 5.74) is 0.430. The molecule has 0 unspecified atom stereocenters. The van der Waals surface area contributed by atoms with Crippen molar-refractivity contribution in [2.45, 2.75) is 52.2 Å². The Bertz CT molecular complexity index is 703. The monoisotopic (exact) mass is 363 g/mol. The molecule has 1 aromatic carbocycles. The van der Waals surface area contributed by atoms with Gasteiger partial charge in [-0.05, 0) is 46.2 Å². The number of nitrogens with zero attached hydrogens (tertiary/aromatic N) is 1. The second kappa shape index (κ2) is 8.29. The maximum atomic E-state index is 12.0. The molecular formula is C18H25N3O3S. The number of hydrogen-bond donors (Lipinski definition) is 2. The van der Waals surface area contributed by atoms with Crippen molar-refractivity contribution in [1.82, 2.24) is 15.6 Å². The van der Waals surface area contributed by atoms with Crippen molar-refractivity contribution in [3.63, 3.8) is 0 Å². The second-order valence-electron chi connectivity index (χ2n) is 6.84. The highest BCUT2D eigenvalue weighted by Crippen LogP contribution is 2.22. The van der Waals surface area contributed by atoms with Gasteiger partial charge in [0.2, 0.25) is 5.91 Å². The first-order valence-electron chi connectivity index (χ1n) is 8.36. The zero-order valence-electron chi connectivity index (χ0n) is 15.1. The van der Waals surface area contributed by atoms with E-state index in [1.54, 1.807) is 39.0 Å². The Kier molecular flexibility index (Phi) is 6.36. The van der Waals surface area contributed by atoms with Crippen LogP contribution in [0.2, 0.25) is 0 Å². The lowest BCUT2D eigenvalue weighted by Gasteiger charge is -2.21. The van der Waals surface area contributed by atoms with E-state index in [-0.39, 0.29) is 5.91 Å². The van der Waals surface area contributed by atoms with Gasteiger partial charge in [-0.15, -0.1) is 11.3 Å². The van der Waals surface area contributed by atoms with Gasteiger partial charge in [0, 0.05) is 13.0 Å². The van der Waals surface area contributed by atoms with Crippen LogP contribution < -0.4 is 10.6 Å². The molecule has 25 heavy (non-hydrogen) atoms. The molecule has 0 saturated carbocycles. The maximum absolute atomic E-state index is 12.0. The number of amides is 2. The van der Waals surface area contributed by atoms with Crippen LogP contribution in [0.4, 0.5) is 4.79 Å². The Labute approximate surface area is 152 Å². The quantitative estimate of drug-likeness (QED) is 0.772. The van der Waals surface area contributed by atoms with E-state index in [4.69, 9.17) is 4.74 Å². The molecule has 0 saturated heterocycles. The van der Waals surface area contributed by atoms with E-state index in [9.17, 15) is 9.59 Å². The summed E-state index contributed by atoms with van der Waals surface area (Å²) < 4.78 is 6.31.